The van der Waals surface area contributed by atoms with Crippen molar-refractivity contribution in [3.05, 3.63) is 65.7 Å². The number of ketones is 1. The summed E-state index contributed by atoms with van der Waals surface area (Å²) >= 11 is 0. The zero-order valence-electron chi connectivity index (χ0n) is 12.2. The molecule has 106 valence electrons. The SMILES string of the molecule is CN1C(=O)[C@@](C)(CC(=O)c2ccccc2)c2ccccc21. The molecule has 1 heterocycles. The molecule has 1 atom stereocenters. The van der Waals surface area contributed by atoms with Crippen molar-refractivity contribution >= 4 is 17.4 Å². The van der Waals surface area contributed by atoms with Gasteiger partial charge in [0.2, 0.25) is 5.91 Å². The third-order valence-electron chi connectivity index (χ3n) is 4.25. The zero-order chi connectivity index (χ0) is 15.0. The van der Waals surface area contributed by atoms with Gasteiger partial charge in [0, 0.05) is 24.7 Å². The molecule has 3 rings (SSSR count). The molecular formula is C18H17NO2. The molecule has 0 spiro atoms. The van der Waals surface area contributed by atoms with Crippen LogP contribution in [-0.4, -0.2) is 18.7 Å². The van der Waals surface area contributed by atoms with Gasteiger partial charge in [-0.3, -0.25) is 9.59 Å². The predicted molar refractivity (Wildman–Crippen MR) is 82.6 cm³/mol. The summed E-state index contributed by atoms with van der Waals surface area (Å²) in [7, 11) is 1.76. The Kier molecular flexibility index (Phi) is 3.13. The number of para-hydroxylation sites is 1. The minimum absolute atomic E-state index is 0.00319. The minimum Gasteiger partial charge on any atom is -0.314 e. The van der Waals surface area contributed by atoms with Crippen LogP contribution in [0.1, 0.15) is 29.3 Å². The van der Waals surface area contributed by atoms with Crippen molar-refractivity contribution in [2.45, 2.75) is 18.8 Å². The third kappa shape index (κ3) is 2.05. The highest BCUT2D eigenvalue weighted by Crippen LogP contribution is 2.43. The summed E-state index contributed by atoms with van der Waals surface area (Å²) in [5.74, 6) is -0.0236. The number of likely N-dealkylation sites (N-methyl/N-ethyl adjacent to an activating group) is 1. The number of hydrogen-bond acceptors (Lipinski definition) is 2. The van der Waals surface area contributed by atoms with Crippen LogP contribution in [0, 0.1) is 0 Å². The van der Waals surface area contributed by atoms with Crippen LogP contribution in [0.5, 0.6) is 0 Å². The molecule has 0 saturated carbocycles. The van der Waals surface area contributed by atoms with Gasteiger partial charge >= 0.3 is 0 Å². The molecule has 0 aliphatic carbocycles. The van der Waals surface area contributed by atoms with Gasteiger partial charge in [0.05, 0.1) is 5.41 Å². The van der Waals surface area contributed by atoms with Crippen LogP contribution < -0.4 is 4.90 Å². The highest BCUT2D eigenvalue weighted by Gasteiger charge is 2.46. The lowest BCUT2D eigenvalue weighted by atomic mass is 9.78. The van der Waals surface area contributed by atoms with Gasteiger partial charge in [0.25, 0.3) is 0 Å². The summed E-state index contributed by atoms with van der Waals surface area (Å²) in [6.07, 6.45) is 0.192. The Bertz CT molecular complexity index is 708. The van der Waals surface area contributed by atoms with Crippen molar-refractivity contribution in [3.8, 4) is 0 Å². The van der Waals surface area contributed by atoms with Crippen molar-refractivity contribution in [2.75, 3.05) is 11.9 Å². The Hall–Kier alpha value is -2.42. The molecule has 3 heteroatoms. The van der Waals surface area contributed by atoms with Crippen LogP contribution in [0.2, 0.25) is 0 Å². The normalized spacial score (nSPS) is 20.5. The van der Waals surface area contributed by atoms with Crippen molar-refractivity contribution in [2.24, 2.45) is 0 Å². The number of hydrogen-bond donors (Lipinski definition) is 0. The molecule has 21 heavy (non-hydrogen) atoms. The molecule has 1 aliphatic heterocycles. The topological polar surface area (TPSA) is 37.4 Å². The molecule has 3 nitrogen and oxygen atoms in total. The number of anilines is 1. The van der Waals surface area contributed by atoms with E-state index in [0.29, 0.717) is 5.56 Å². The second-order valence-corrected chi connectivity index (χ2v) is 5.68. The number of carbonyl (C=O) groups is 2. The molecule has 0 saturated heterocycles. The summed E-state index contributed by atoms with van der Waals surface area (Å²) < 4.78 is 0. The first-order valence-corrected chi connectivity index (χ1v) is 7.00. The van der Waals surface area contributed by atoms with Gasteiger partial charge in [-0.25, -0.2) is 0 Å². The average molecular weight is 279 g/mol. The molecule has 0 unspecified atom stereocenters. The van der Waals surface area contributed by atoms with Crippen molar-refractivity contribution in [1.29, 1.82) is 0 Å². The van der Waals surface area contributed by atoms with Gasteiger partial charge in [-0.1, -0.05) is 48.5 Å². The second kappa shape index (κ2) is 4.85. The monoisotopic (exact) mass is 279 g/mol. The number of rotatable bonds is 3. The smallest absolute Gasteiger partial charge is 0.237 e. The molecule has 1 aliphatic rings. The zero-order valence-corrected chi connectivity index (χ0v) is 12.2. The van der Waals surface area contributed by atoms with E-state index in [1.807, 2.05) is 49.4 Å². The van der Waals surface area contributed by atoms with Gasteiger partial charge in [-0.15, -0.1) is 0 Å². The summed E-state index contributed by atoms with van der Waals surface area (Å²) in [5.41, 5.74) is 1.70. The van der Waals surface area contributed by atoms with Crippen molar-refractivity contribution in [3.63, 3.8) is 0 Å². The summed E-state index contributed by atoms with van der Waals surface area (Å²) in [6.45, 7) is 1.86. The fraction of sp³-hybridized carbons (Fsp3) is 0.222. The number of fused-ring (bicyclic) bond motifs is 1. The van der Waals surface area contributed by atoms with E-state index in [1.54, 1.807) is 24.1 Å². The molecule has 0 N–H and O–H groups in total. The van der Waals surface area contributed by atoms with E-state index < -0.39 is 5.41 Å². The summed E-state index contributed by atoms with van der Waals surface area (Å²) in [6, 6.07) is 16.8. The van der Waals surface area contributed by atoms with E-state index in [-0.39, 0.29) is 18.1 Å². The quantitative estimate of drug-likeness (QED) is 0.809. The first-order chi connectivity index (χ1) is 10.0. The fourth-order valence-electron chi connectivity index (χ4n) is 3.05. The van der Waals surface area contributed by atoms with Gasteiger partial charge in [0.1, 0.15) is 0 Å². The Morgan fingerprint density at radius 2 is 1.67 bits per heavy atom. The third-order valence-corrected chi connectivity index (χ3v) is 4.25. The first-order valence-electron chi connectivity index (χ1n) is 7.00. The van der Waals surface area contributed by atoms with Crippen LogP contribution in [-0.2, 0) is 10.2 Å². The van der Waals surface area contributed by atoms with Crippen LogP contribution in [0.3, 0.4) is 0 Å². The van der Waals surface area contributed by atoms with Gasteiger partial charge in [-0.2, -0.15) is 0 Å². The second-order valence-electron chi connectivity index (χ2n) is 5.68. The van der Waals surface area contributed by atoms with E-state index in [0.717, 1.165) is 11.3 Å². The molecule has 0 bridgehead atoms. The number of benzene rings is 2. The first kappa shape index (κ1) is 13.6. The molecule has 0 aromatic heterocycles. The van der Waals surface area contributed by atoms with Crippen molar-refractivity contribution < 1.29 is 9.59 Å². The Balaban J connectivity index is 1.98. The van der Waals surface area contributed by atoms with E-state index >= 15 is 0 Å². The highest BCUT2D eigenvalue weighted by atomic mass is 16.2. The van der Waals surface area contributed by atoms with Gasteiger partial charge < -0.3 is 4.90 Å². The highest BCUT2D eigenvalue weighted by molar-refractivity contribution is 6.11. The van der Waals surface area contributed by atoms with E-state index in [2.05, 4.69) is 0 Å². The largest absolute Gasteiger partial charge is 0.314 e. The molecular weight excluding hydrogens is 262 g/mol. The maximum absolute atomic E-state index is 12.6. The lowest BCUT2D eigenvalue weighted by Crippen LogP contribution is -2.37. The average Bonchev–Trinajstić information content (AvgIpc) is 2.71. The minimum atomic E-state index is -0.779. The van der Waals surface area contributed by atoms with E-state index in [4.69, 9.17) is 0 Å². The molecule has 0 radical (unpaired) electrons. The standard InChI is InChI=1S/C18H17NO2/c1-18(12-16(20)13-8-4-3-5-9-13)14-10-6-7-11-15(14)19(2)17(18)21/h3-11H,12H2,1-2H3/t18-/m0/s1. The van der Waals surface area contributed by atoms with Gasteiger partial charge in [-0.05, 0) is 18.6 Å². The summed E-state index contributed by atoms with van der Waals surface area (Å²) in [4.78, 5) is 26.8. The number of amides is 1. The number of Topliss-reactive ketones (excluding diaryl/α,β-unsaturated/α-hetero) is 1. The lowest BCUT2D eigenvalue weighted by molar-refractivity contribution is -0.122. The van der Waals surface area contributed by atoms with Crippen LogP contribution in [0.25, 0.3) is 0 Å². The Labute approximate surface area is 124 Å². The summed E-state index contributed by atoms with van der Waals surface area (Å²) in [5, 5.41) is 0. The van der Waals surface area contributed by atoms with E-state index in [9.17, 15) is 9.59 Å². The van der Waals surface area contributed by atoms with Crippen LogP contribution in [0.4, 0.5) is 5.69 Å². The molecule has 0 fully saturated rings. The predicted octanol–water partition coefficient (Wildman–Crippen LogP) is 3.19. The Morgan fingerprint density at radius 1 is 1.05 bits per heavy atom. The maximum atomic E-state index is 12.6. The lowest BCUT2D eigenvalue weighted by Gasteiger charge is -2.22. The van der Waals surface area contributed by atoms with Crippen LogP contribution in [0.15, 0.2) is 54.6 Å². The number of carbonyl (C=O) groups excluding carboxylic acids is 2. The van der Waals surface area contributed by atoms with Gasteiger partial charge in [0.15, 0.2) is 5.78 Å². The molecule has 2 aromatic rings. The number of nitrogens with zero attached hydrogens (tertiary/aromatic N) is 1. The Morgan fingerprint density at radius 3 is 2.38 bits per heavy atom. The molecule has 1 amide bonds. The van der Waals surface area contributed by atoms with E-state index in [1.165, 1.54) is 0 Å². The maximum Gasteiger partial charge on any atom is 0.237 e. The molecule has 2 aromatic carbocycles. The fourth-order valence-corrected chi connectivity index (χ4v) is 3.05. The van der Waals surface area contributed by atoms with Crippen LogP contribution >= 0.6 is 0 Å². The van der Waals surface area contributed by atoms with Crippen molar-refractivity contribution in [1.82, 2.24) is 0 Å².